The van der Waals surface area contributed by atoms with Crippen molar-refractivity contribution in [3.05, 3.63) is 12.2 Å². The average Bonchev–Trinajstić information content (AvgIpc) is 1.87. The minimum absolute atomic E-state index is 0.00875. The van der Waals surface area contributed by atoms with Crippen molar-refractivity contribution in [2.45, 2.75) is 45.5 Å². The number of allylic oxidation sites excluding steroid dienone is 2. The van der Waals surface area contributed by atoms with Gasteiger partial charge in [0.1, 0.15) is 0 Å². The van der Waals surface area contributed by atoms with Crippen LogP contribution in [0.5, 0.6) is 0 Å². The van der Waals surface area contributed by atoms with Gasteiger partial charge in [0.15, 0.2) is 0 Å². The average molecular weight is 162 g/mol. The highest BCUT2D eigenvalue weighted by Crippen LogP contribution is 2.25. The van der Waals surface area contributed by atoms with Crippen LogP contribution in [0.15, 0.2) is 12.2 Å². The Kier molecular flexibility index (Phi) is 5.08. The fraction of sp³-hybridized carbons (Fsp3) is 0.778. The van der Waals surface area contributed by atoms with E-state index in [4.69, 9.17) is 0 Å². The zero-order chi connectivity index (χ0) is 8.74. The predicted octanol–water partition coefficient (Wildman–Crippen LogP) is 3.78. The normalized spacial score (nSPS) is 12.7. The van der Waals surface area contributed by atoms with Gasteiger partial charge in [-0.15, -0.1) is 0 Å². The summed E-state index contributed by atoms with van der Waals surface area (Å²) in [6.45, 7) is 3.63. The Bertz CT molecular complexity index is 117. The molecular formula is C9H16F2. The highest BCUT2D eigenvalue weighted by atomic mass is 19.3. The van der Waals surface area contributed by atoms with E-state index in [0.29, 0.717) is 12.8 Å². The third-order valence-corrected chi connectivity index (χ3v) is 1.53. The molecule has 0 spiro atoms. The molecule has 0 aliphatic heterocycles. The molecule has 0 atom stereocenters. The molecule has 0 aromatic rings. The molecule has 0 aromatic heterocycles. The molecule has 0 radical (unpaired) electrons. The maximum absolute atomic E-state index is 12.7. The fourth-order valence-corrected chi connectivity index (χ4v) is 0.952. The van der Waals surface area contributed by atoms with E-state index in [1.54, 1.807) is 13.0 Å². The lowest BCUT2D eigenvalue weighted by Gasteiger charge is -2.13. The minimum Gasteiger partial charge on any atom is -0.207 e. The molecule has 0 fully saturated rings. The maximum Gasteiger partial charge on any atom is 0.248 e. The summed E-state index contributed by atoms with van der Waals surface area (Å²) in [6.07, 6.45) is 4.65. The molecule has 0 heterocycles. The Morgan fingerprint density at radius 1 is 1.27 bits per heavy atom. The Morgan fingerprint density at radius 2 is 1.91 bits per heavy atom. The van der Waals surface area contributed by atoms with Crippen molar-refractivity contribution < 1.29 is 8.78 Å². The van der Waals surface area contributed by atoms with E-state index in [1.807, 2.05) is 13.0 Å². The molecule has 0 nitrogen and oxygen atoms in total. The Balaban J connectivity index is 3.54. The summed E-state index contributed by atoms with van der Waals surface area (Å²) in [5.74, 6) is -2.45. The lowest BCUT2D eigenvalue weighted by atomic mass is 10.1. The molecule has 11 heavy (non-hydrogen) atoms. The molecule has 0 unspecified atom stereocenters. The molecule has 0 saturated carbocycles. The largest absolute Gasteiger partial charge is 0.248 e. The van der Waals surface area contributed by atoms with Gasteiger partial charge in [0.25, 0.3) is 0 Å². The SMILES string of the molecule is C/C=C/CCC(F)(F)CCC. The van der Waals surface area contributed by atoms with E-state index in [-0.39, 0.29) is 12.8 Å². The second-order valence-corrected chi connectivity index (χ2v) is 2.71. The van der Waals surface area contributed by atoms with Crippen molar-refractivity contribution in [1.82, 2.24) is 0 Å². The molecule has 0 aliphatic carbocycles. The van der Waals surface area contributed by atoms with Gasteiger partial charge in [-0.3, -0.25) is 0 Å². The Labute approximate surface area is 67.3 Å². The molecule has 0 rings (SSSR count). The van der Waals surface area contributed by atoms with Gasteiger partial charge in [-0.2, -0.15) is 0 Å². The molecule has 0 N–H and O–H groups in total. The lowest BCUT2D eigenvalue weighted by molar-refractivity contribution is -0.0157. The summed E-state index contributed by atoms with van der Waals surface area (Å²) in [6, 6.07) is 0. The first-order valence-electron chi connectivity index (χ1n) is 4.11. The lowest BCUT2D eigenvalue weighted by Crippen LogP contribution is -2.14. The van der Waals surface area contributed by atoms with Gasteiger partial charge < -0.3 is 0 Å². The van der Waals surface area contributed by atoms with Crippen LogP contribution < -0.4 is 0 Å². The molecule has 0 amide bonds. The molecular weight excluding hydrogens is 146 g/mol. The van der Waals surface area contributed by atoms with E-state index in [0.717, 1.165) is 0 Å². The molecule has 66 valence electrons. The number of hydrogen-bond donors (Lipinski definition) is 0. The zero-order valence-corrected chi connectivity index (χ0v) is 7.24. The molecule has 2 heteroatoms. The standard InChI is InChI=1S/C9H16F2/c1-3-5-6-8-9(10,11)7-4-2/h3,5H,4,6-8H2,1-2H3/b5-3+. The fourth-order valence-electron chi connectivity index (χ4n) is 0.952. The number of alkyl halides is 2. The smallest absolute Gasteiger partial charge is 0.207 e. The van der Waals surface area contributed by atoms with Crippen LogP contribution in [0.1, 0.15) is 39.5 Å². The third-order valence-electron chi connectivity index (χ3n) is 1.53. The topological polar surface area (TPSA) is 0 Å². The number of hydrogen-bond acceptors (Lipinski definition) is 0. The van der Waals surface area contributed by atoms with Crippen LogP contribution in [-0.2, 0) is 0 Å². The minimum atomic E-state index is -2.45. The highest BCUT2D eigenvalue weighted by molar-refractivity contribution is 4.79. The van der Waals surface area contributed by atoms with Gasteiger partial charge in [0.05, 0.1) is 0 Å². The van der Waals surface area contributed by atoms with Gasteiger partial charge in [0, 0.05) is 12.8 Å². The van der Waals surface area contributed by atoms with Crippen molar-refractivity contribution in [3.63, 3.8) is 0 Å². The molecule has 0 bridgehead atoms. The van der Waals surface area contributed by atoms with Gasteiger partial charge in [-0.05, 0) is 13.3 Å². The summed E-state index contributed by atoms with van der Waals surface area (Å²) >= 11 is 0. The van der Waals surface area contributed by atoms with Crippen molar-refractivity contribution in [2.24, 2.45) is 0 Å². The van der Waals surface area contributed by atoms with Crippen molar-refractivity contribution in [1.29, 1.82) is 0 Å². The van der Waals surface area contributed by atoms with E-state index in [2.05, 4.69) is 0 Å². The monoisotopic (exact) mass is 162 g/mol. The summed E-state index contributed by atoms with van der Waals surface area (Å²) < 4.78 is 25.4. The Morgan fingerprint density at radius 3 is 2.36 bits per heavy atom. The zero-order valence-electron chi connectivity index (χ0n) is 7.24. The van der Waals surface area contributed by atoms with Gasteiger partial charge in [-0.25, -0.2) is 8.78 Å². The summed E-state index contributed by atoms with van der Waals surface area (Å²) in [7, 11) is 0. The predicted molar refractivity (Wildman–Crippen MR) is 43.9 cm³/mol. The van der Waals surface area contributed by atoms with Crippen molar-refractivity contribution >= 4 is 0 Å². The second kappa shape index (κ2) is 5.28. The third kappa shape index (κ3) is 6.02. The second-order valence-electron chi connectivity index (χ2n) is 2.71. The van der Waals surface area contributed by atoms with Crippen molar-refractivity contribution in [3.8, 4) is 0 Å². The molecule has 0 aliphatic rings. The van der Waals surface area contributed by atoms with E-state index < -0.39 is 5.92 Å². The Hall–Kier alpha value is -0.400. The first-order chi connectivity index (χ1) is 5.12. The first kappa shape index (κ1) is 10.6. The van der Waals surface area contributed by atoms with Gasteiger partial charge in [-0.1, -0.05) is 25.5 Å². The highest BCUT2D eigenvalue weighted by Gasteiger charge is 2.25. The quantitative estimate of drug-likeness (QED) is 0.540. The van der Waals surface area contributed by atoms with E-state index in [9.17, 15) is 8.78 Å². The molecule has 0 saturated heterocycles. The van der Waals surface area contributed by atoms with Crippen LogP contribution in [0, 0.1) is 0 Å². The van der Waals surface area contributed by atoms with Crippen LogP contribution in [0.2, 0.25) is 0 Å². The number of rotatable bonds is 5. The van der Waals surface area contributed by atoms with Gasteiger partial charge >= 0.3 is 0 Å². The summed E-state index contributed by atoms with van der Waals surface area (Å²) in [5.41, 5.74) is 0. The van der Waals surface area contributed by atoms with E-state index >= 15 is 0 Å². The maximum atomic E-state index is 12.7. The van der Waals surface area contributed by atoms with Crippen LogP contribution in [0.3, 0.4) is 0 Å². The van der Waals surface area contributed by atoms with Crippen LogP contribution >= 0.6 is 0 Å². The first-order valence-corrected chi connectivity index (χ1v) is 4.11. The molecule has 0 aromatic carbocycles. The summed E-state index contributed by atoms with van der Waals surface area (Å²) in [5, 5.41) is 0. The number of halogens is 2. The van der Waals surface area contributed by atoms with Crippen LogP contribution in [0.25, 0.3) is 0 Å². The van der Waals surface area contributed by atoms with Gasteiger partial charge in [0.2, 0.25) is 5.92 Å². The van der Waals surface area contributed by atoms with Crippen molar-refractivity contribution in [2.75, 3.05) is 0 Å². The van der Waals surface area contributed by atoms with E-state index in [1.165, 1.54) is 0 Å². The summed E-state index contributed by atoms with van der Waals surface area (Å²) in [4.78, 5) is 0. The van der Waals surface area contributed by atoms with Crippen LogP contribution in [-0.4, -0.2) is 5.92 Å². The van der Waals surface area contributed by atoms with Crippen LogP contribution in [0.4, 0.5) is 8.78 Å².